The Hall–Kier alpha value is -1.07. The molecular formula is C18H29NO3S. The third kappa shape index (κ3) is 7.36. The van der Waals surface area contributed by atoms with E-state index in [4.69, 9.17) is 4.74 Å². The number of benzene rings is 1. The molecule has 1 aromatic carbocycles. The summed E-state index contributed by atoms with van der Waals surface area (Å²) in [5.41, 5.74) is 1.34. The molecule has 0 saturated heterocycles. The maximum Gasteiger partial charge on any atom is 0.208 e. The lowest BCUT2D eigenvalue weighted by Crippen LogP contribution is -2.22. The molecule has 0 radical (unpaired) electrons. The predicted octanol–water partition coefficient (Wildman–Crippen LogP) is 3.66. The molecule has 0 spiro atoms. The fourth-order valence-electron chi connectivity index (χ4n) is 3.05. The molecule has 0 aromatic heterocycles. The largest absolute Gasteiger partial charge is 0.490 e. The summed E-state index contributed by atoms with van der Waals surface area (Å²) in [4.78, 5) is 0. The van der Waals surface area contributed by atoms with E-state index in [1.54, 1.807) is 0 Å². The van der Waals surface area contributed by atoms with Crippen molar-refractivity contribution in [3.8, 4) is 5.75 Å². The van der Waals surface area contributed by atoms with Crippen LogP contribution in [0.4, 0.5) is 0 Å². The zero-order chi connectivity index (χ0) is 16.5. The number of fused-ring (bicyclic) bond motifs is 1. The van der Waals surface area contributed by atoms with E-state index in [0.717, 1.165) is 37.9 Å². The molecule has 0 saturated carbocycles. The van der Waals surface area contributed by atoms with Gasteiger partial charge < -0.3 is 4.74 Å². The number of aryl methyl sites for hydroxylation is 1. The Kier molecular flexibility index (Phi) is 7.37. The number of hydrogen-bond donors (Lipinski definition) is 1. The molecule has 1 aliphatic heterocycles. The van der Waals surface area contributed by atoms with E-state index in [0.29, 0.717) is 12.6 Å². The van der Waals surface area contributed by atoms with Crippen molar-refractivity contribution in [2.45, 2.75) is 63.9 Å². The van der Waals surface area contributed by atoms with Gasteiger partial charge in [0.05, 0.1) is 12.4 Å². The van der Waals surface area contributed by atoms with Crippen LogP contribution in [0.2, 0.25) is 0 Å². The minimum atomic E-state index is -3.02. The number of nitrogens with one attached hydrogen (secondary N) is 1. The number of ether oxygens (including phenoxy) is 1. The van der Waals surface area contributed by atoms with Crippen molar-refractivity contribution in [1.82, 2.24) is 4.72 Å². The van der Waals surface area contributed by atoms with Gasteiger partial charge in [0.2, 0.25) is 10.0 Å². The van der Waals surface area contributed by atoms with Gasteiger partial charge in [0, 0.05) is 6.54 Å². The SMILES string of the molecule is CS(=O)(=O)NCCCCCCCC[C@@H]1CCc2ccccc2O1. The summed E-state index contributed by atoms with van der Waals surface area (Å²) in [5.74, 6) is 1.07. The number of para-hydroxylation sites is 1. The van der Waals surface area contributed by atoms with Gasteiger partial charge in [0.25, 0.3) is 0 Å². The van der Waals surface area contributed by atoms with Crippen LogP contribution in [0, 0.1) is 0 Å². The van der Waals surface area contributed by atoms with Crippen LogP contribution in [0.5, 0.6) is 5.75 Å². The van der Waals surface area contributed by atoms with Crippen LogP contribution in [0.1, 0.15) is 56.9 Å². The molecule has 23 heavy (non-hydrogen) atoms. The van der Waals surface area contributed by atoms with Gasteiger partial charge in [-0.1, -0.05) is 43.9 Å². The molecule has 1 aromatic rings. The van der Waals surface area contributed by atoms with E-state index < -0.39 is 10.0 Å². The van der Waals surface area contributed by atoms with Crippen LogP contribution in [-0.4, -0.2) is 27.3 Å². The summed E-state index contributed by atoms with van der Waals surface area (Å²) < 4.78 is 30.4. The van der Waals surface area contributed by atoms with Crippen molar-refractivity contribution in [2.24, 2.45) is 0 Å². The smallest absolute Gasteiger partial charge is 0.208 e. The summed E-state index contributed by atoms with van der Waals surface area (Å²) in [6.45, 7) is 0.564. The highest BCUT2D eigenvalue weighted by atomic mass is 32.2. The van der Waals surface area contributed by atoms with E-state index >= 15 is 0 Å². The van der Waals surface area contributed by atoms with Crippen LogP contribution >= 0.6 is 0 Å². The molecule has 0 amide bonds. The van der Waals surface area contributed by atoms with Gasteiger partial charge in [-0.25, -0.2) is 13.1 Å². The van der Waals surface area contributed by atoms with Crippen molar-refractivity contribution in [3.05, 3.63) is 29.8 Å². The van der Waals surface area contributed by atoms with Crippen molar-refractivity contribution >= 4 is 10.0 Å². The lowest BCUT2D eigenvalue weighted by molar-refractivity contribution is 0.160. The van der Waals surface area contributed by atoms with Crippen LogP contribution in [-0.2, 0) is 16.4 Å². The molecule has 2 rings (SSSR count). The van der Waals surface area contributed by atoms with Gasteiger partial charge in [0.15, 0.2) is 0 Å². The highest BCUT2D eigenvalue weighted by Crippen LogP contribution is 2.29. The average molecular weight is 340 g/mol. The highest BCUT2D eigenvalue weighted by Gasteiger charge is 2.18. The third-order valence-corrected chi connectivity index (χ3v) is 5.05. The lowest BCUT2D eigenvalue weighted by atomic mass is 9.98. The molecular weight excluding hydrogens is 310 g/mol. The van der Waals surface area contributed by atoms with Gasteiger partial charge in [-0.15, -0.1) is 0 Å². The maximum atomic E-state index is 10.9. The highest BCUT2D eigenvalue weighted by molar-refractivity contribution is 7.88. The van der Waals surface area contributed by atoms with Crippen molar-refractivity contribution < 1.29 is 13.2 Å². The summed E-state index contributed by atoms with van der Waals surface area (Å²) in [7, 11) is -3.02. The monoisotopic (exact) mass is 339 g/mol. The number of hydrogen-bond acceptors (Lipinski definition) is 3. The molecule has 0 unspecified atom stereocenters. The molecule has 0 aliphatic carbocycles. The Morgan fingerprint density at radius 2 is 1.78 bits per heavy atom. The lowest BCUT2D eigenvalue weighted by Gasteiger charge is -2.26. The Balaban J connectivity index is 1.47. The molecule has 130 valence electrons. The van der Waals surface area contributed by atoms with Crippen LogP contribution in [0.3, 0.4) is 0 Å². The Labute approximate surface area is 140 Å². The molecule has 4 nitrogen and oxygen atoms in total. The van der Waals surface area contributed by atoms with Gasteiger partial charge in [-0.2, -0.15) is 0 Å². The minimum absolute atomic E-state index is 0.379. The summed E-state index contributed by atoms with van der Waals surface area (Å²) >= 11 is 0. The molecule has 0 bridgehead atoms. The van der Waals surface area contributed by atoms with Crippen molar-refractivity contribution in [3.63, 3.8) is 0 Å². The first-order valence-corrected chi connectivity index (χ1v) is 10.6. The third-order valence-electron chi connectivity index (χ3n) is 4.32. The predicted molar refractivity (Wildman–Crippen MR) is 94.3 cm³/mol. The van der Waals surface area contributed by atoms with Gasteiger partial charge in [-0.3, -0.25) is 0 Å². The van der Waals surface area contributed by atoms with Gasteiger partial charge in [0.1, 0.15) is 5.75 Å². The van der Waals surface area contributed by atoms with E-state index in [2.05, 4.69) is 22.9 Å². The molecule has 5 heteroatoms. The molecule has 1 N–H and O–H groups in total. The van der Waals surface area contributed by atoms with Gasteiger partial charge in [-0.05, 0) is 43.7 Å². The molecule has 1 heterocycles. The van der Waals surface area contributed by atoms with Crippen LogP contribution in [0.15, 0.2) is 24.3 Å². The van der Waals surface area contributed by atoms with Gasteiger partial charge >= 0.3 is 0 Å². The average Bonchev–Trinajstić information content (AvgIpc) is 2.52. The number of unbranched alkanes of at least 4 members (excludes halogenated alkanes) is 5. The Morgan fingerprint density at radius 1 is 1.09 bits per heavy atom. The van der Waals surface area contributed by atoms with Crippen molar-refractivity contribution in [2.75, 3.05) is 12.8 Å². The topological polar surface area (TPSA) is 55.4 Å². The summed E-state index contributed by atoms with van der Waals surface area (Å²) in [5, 5.41) is 0. The Bertz CT molecular complexity index is 571. The number of sulfonamides is 1. The fourth-order valence-corrected chi connectivity index (χ4v) is 3.56. The van der Waals surface area contributed by atoms with E-state index in [1.165, 1.54) is 37.5 Å². The zero-order valence-electron chi connectivity index (χ0n) is 14.1. The first kappa shape index (κ1) is 18.3. The minimum Gasteiger partial charge on any atom is -0.490 e. The maximum absolute atomic E-state index is 10.9. The second-order valence-corrected chi connectivity index (χ2v) is 8.30. The first-order chi connectivity index (χ1) is 11.0. The zero-order valence-corrected chi connectivity index (χ0v) is 14.9. The molecule has 1 aliphatic rings. The molecule has 1 atom stereocenters. The van der Waals surface area contributed by atoms with E-state index in [-0.39, 0.29) is 0 Å². The van der Waals surface area contributed by atoms with Crippen molar-refractivity contribution in [1.29, 1.82) is 0 Å². The first-order valence-electron chi connectivity index (χ1n) is 8.74. The summed E-state index contributed by atoms with van der Waals surface area (Å²) in [6, 6.07) is 8.35. The van der Waals surface area contributed by atoms with Crippen LogP contribution in [0.25, 0.3) is 0 Å². The Morgan fingerprint density at radius 3 is 2.57 bits per heavy atom. The number of rotatable bonds is 10. The van der Waals surface area contributed by atoms with Crippen LogP contribution < -0.4 is 9.46 Å². The quantitative estimate of drug-likeness (QED) is 0.662. The fraction of sp³-hybridized carbons (Fsp3) is 0.667. The van der Waals surface area contributed by atoms with E-state index in [9.17, 15) is 8.42 Å². The summed E-state index contributed by atoms with van der Waals surface area (Å²) in [6.07, 6.45) is 11.9. The second-order valence-electron chi connectivity index (χ2n) is 6.46. The normalized spacial score (nSPS) is 17.5. The second kappa shape index (κ2) is 9.28. The standard InChI is InChI=1S/C18H29NO3S/c1-23(20,21)19-15-9-5-3-2-4-6-11-17-14-13-16-10-7-8-12-18(16)22-17/h7-8,10,12,17,19H,2-6,9,11,13-15H2,1H3/t17-/m1/s1. The molecule has 0 fully saturated rings. The van der Waals surface area contributed by atoms with E-state index in [1.807, 2.05) is 6.07 Å².